The van der Waals surface area contributed by atoms with Gasteiger partial charge in [0.2, 0.25) is 0 Å². The van der Waals surface area contributed by atoms with E-state index in [0.717, 1.165) is 31.6 Å². The lowest BCUT2D eigenvalue weighted by molar-refractivity contribution is 0.0709. The van der Waals surface area contributed by atoms with Crippen molar-refractivity contribution in [1.29, 1.82) is 0 Å². The van der Waals surface area contributed by atoms with Crippen molar-refractivity contribution in [3.63, 3.8) is 0 Å². The van der Waals surface area contributed by atoms with E-state index in [0.29, 0.717) is 11.7 Å². The average molecular weight is 269 g/mol. The Labute approximate surface area is 118 Å². The van der Waals surface area contributed by atoms with Crippen LogP contribution in [0.2, 0.25) is 0 Å². The number of carbonyl (C=O) groups is 1. The standard InChI is InChI=1S/C16H19N3O/c20-16(15-9-4-10-17-15)19-11-5-8-14(12-19)18-13-6-2-1-3-7-13/h1-4,6-7,9-10,14,17-18H,5,8,11-12H2. The molecule has 1 atom stereocenters. The van der Waals surface area contributed by atoms with Crippen LogP contribution >= 0.6 is 0 Å². The van der Waals surface area contributed by atoms with Gasteiger partial charge in [-0.15, -0.1) is 0 Å². The summed E-state index contributed by atoms with van der Waals surface area (Å²) in [4.78, 5) is 17.2. The Morgan fingerprint density at radius 2 is 2.05 bits per heavy atom. The predicted molar refractivity (Wildman–Crippen MR) is 79.8 cm³/mol. The van der Waals surface area contributed by atoms with Crippen LogP contribution in [0.3, 0.4) is 0 Å². The summed E-state index contributed by atoms with van der Waals surface area (Å²) in [5, 5.41) is 3.51. The van der Waals surface area contributed by atoms with Crippen molar-refractivity contribution in [2.24, 2.45) is 0 Å². The highest BCUT2D eigenvalue weighted by atomic mass is 16.2. The monoisotopic (exact) mass is 269 g/mol. The number of piperidine rings is 1. The van der Waals surface area contributed by atoms with E-state index in [9.17, 15) is 4.79 Å². The largest absolute Gasteiger partial charge is 0.381 e. The highest BCUT2D eigenvalue weighted by molar-refractivity contribution is 5.92. The maximum Gasteiger partial charge on any atom is 0.270 e. The van der Waals surface area contributed by atoms with Crippen LogP contribution in [-0.4, -0.2) is 34.9 Å². The minimum absolute atomic E-state index is 0.0922. The van der Waals surface area contributed by atoms with E-state index in [1.54, 1.807) is 6.20 Å². The van der Waals surface area contributed by atoms with Crippen molar-refractivity contribution in [1.82, 2.24) is 9.88 Å². The second-order valence-electron chi connectivity index (χ2n) is 5.18. The summed E-state index contributed by atoms with van der Waals surface area (Å²) in [6.07, 6.45) is 3.93. The number of hydrogen-bond donors (Lipinski definition) is 2. The molecule has 0 saturated carbocycles. The van der Waals surface area contributed by atoms with Gasteiger partial charge in [-0.25, -0.2) is 0 Å². The Kier molecular flexibility index (Phi) is 3.72. The number of aromatic nitrogens is 1. The van der Waals surface area contributed by atoms with Crippen LogP contribution in [0.15, 0.2) is 48.7 Å². The fraction of sp³-hybridized carbons (Fsp3) is 0.312. The van der Waals surface area contributed by atoms with Crippen LogP contribution in [0.25, 0.3) is 0 Å². The van der Waals surface area contributed by atoms with Crippen LogP contribution in [0, 0.1) is 0 Å². The molecule has 2 N–H and O–H groups in total. The van der Waals surface area contributed by atoms with E-state index in [-0.39, 0.29) is 5.91 Å². The third-order valence-electron chi connectivity index (χ3n) is 3.68. The van der Waals surface area contributed by atoms with Gasteiger partial charge in [-0.3, -0.25) is 4.79 Å². The number of rotatable bonds is 3. The second kappa shape index (κ2) is 5.82. The zero-order valence-electron chi connectivity index (χ0n) is 11.4. The summed E-state index contributed by atoms with van der Waals surface area (Å²) < 4.78 is 0. The molecule has 0 bridgehead atoms. The Morgan fingerprint density at radius 1 is 1.20 bits per heavy atom. The number of nitrogens with zero attached hydrogens (tertiary/aromatic N) is 1. The van der Waals surface area contributed by atoms with E-state index < -0.39 is 0 Å². The molecule has 1 saturated heterocycles. The number of benzene rings is 1. The molecule has 20 heavy (non-hydrogen) atoms. The molecule has 4 nitrogen and oxygen atoms in total. The van der Waals surface area contributed by atoms with E-state index in [1.165, 1.54) is 0 Å². The SMILES string of the molecule is O=C(c1ccc[nH]1)N1CCCC(Nc2ccccc2)C1. The van der Waals surface area contributed by atoms with E-state index in [1.807, 2.05) is 35.2 Å². The summed E-state index contributed by atoms with van der Waals surface area (Å²) >= 11 is 0. The number of nitrogens with one attached hydrogen (secondary N) is 2. The molecule has 0 spiro atoms. The number of hydrogen-bond acceptors (Lipinski definition) is 2. The Hall–Kier alpha value is -2.23. The summed E-state index contributed by atoms with van der Waals surface area (Å²) in [5.41, 5.74) is 1.79. The Morgan fingerprint density at radius 3 is 2.80 bits per heavy atom. The molecule has 1 aliphatic rings. The molecule has 1 aromatic carbocycles. The van der Waals surface area contributed by atoms with Gasteiger partial charge in [0.25, 0.3) is 5.91 Å². The van der Waals surface area contributed by atoms with Crippen molar-refractivity contribution in [3.05, 3.63) is 54.4 Å². The minimum atomic E-state index is 0.0922. The fourth-order valence-electron chi connectivity index (χ4n) is 2.68. The second-order valence-corrected chi connectivity index (χ2v) is 5.18. The third kappa shape index (κ3) is 2.85. The summed E-state index contributed by atoms with van der Waals surface area (Å²) in [6.45, 7) is 1.59. The number of amides is 1. The topological polar surface area (TPSA) is 48.1 Å². The lowest BCUT2D eigenvalue weighted by Crippen LogP contribution is -2.45. The summed E-state index contributed by atoms with van der Waals surface area (Å²) in [5.74, 6) is 0.0922. The molecule has 0 radical (unpaired) electrons. The molecule has 1 aliphatic heterocycles. The maximum absolute atomic E-state index is 12.3. The third-order valence-corrected chi connectivity index (χ3v) is 3.68. The zero-order chi connectivity index (χ0) is 13.8. The molecule has 0 aliphatic carbocycles. The van der Waals surface area contributed by atoms with E-state index in [2.05, 4.69) is 22.4 Å². The lowest BCUT2D eigenvalue weighted by atomic mass is 10.0. The van der Waals surface area contributed by atoms with Gasteiger partial charge in [0, 0.05) is 31.0 Å². The quantitative estimate of drug-likeness (QED) is 0.900. The van der Waals surface area contributed by atoms with Crippen LogP contribution in [0.5, 0.6) is 0 Å². The number of carbonyl (C=O) groups excluding carboxylic acids is 1. The molecule has 1 fully saturated rings. The average Bonchev–Trinajstić information content (AvgIpc) is 3.02. The first kappa shape index (κ1) is 12.8. The molecule has 4 heteroatoms. The predicted octanol–water partition coefficient (Wildman–Crippen LogP) is 2.73. The van der Waals surface area contributed by atoms with Crippen molar-refractivity contribution in [3.8, 4) is 0 Å². The number of anilines is 1. The normalized spacial score (nSPS) is 18.8. The molecule has 1 aromatic heterocycles. The zero-order valence-corrected chi connectivity index (χ0v) is 11.4. The van der Waals surface area contributed by atoms with E-state index >= 15 is 0 Å². The van der Waals surface area contributed by atoms with Gasteiger partial charge in [0.05, 0.1) is 0 Å². The summed E-state index contributed by atoms with van der Waals surface area (Å²) in [6, 6.07) is 14.2. The number of H-pyrrole nitrogens is 1. The molecule has 3 rings (SSSR count). The van der Waals surface area contributed by atoms with Gasteiger partial charge < -0.3 is 15.2 Å². The van der Waals surface area contributed by atoms with Crippen molar-refractivity contribution in [2.45, 2.75) is 18.9 Å². The highest BCUT2D eigenvalue weighted by Gasteiger charge is 2.24. The van der Waals surface area contributed by atoms with Crippen molar-refractivity contribution < 1.29 is 4.79 Å². The van der Waals surface area contributed by atoms with Gasteiger partial charge in [0.1, 0.15) is 5.69 Å². The molecule has 1 amide bonds. The fourth-order valence-corrected chi connectivity index (χ4v) is 2.68. The number of likely N-dealkylation sites (tertiary alicyclic amines) is 1. The Bertz CT molecular complexity index is 550. The van der Waals surface area contributed by atoms with E-state index in [4.69, 9.17) is 0 Å². The van der Waals surface area contributed by atoms with Crippen LogP contribution in [-0.2, 0) is 0 Å². The first-order chi connectivity index (χ1) is 9.83. The highest BCUT2D eigenvalue weighted by Crippen LogP contribution is 2.17. The Balaban J connectivity index is 1.63. The number of aromatic amines is 1. The van der Waals surface area contributed by atoms with Gasteiger partial charge in [-0.05, 0) is 37.1 Å². The molecular weight excluding hydrogens is 250 g/mol. The molecule has 104 valence electrons. The molecule has 1 unspecified atom stereocenters. The van der Waals surface area contributed by atoms with Crippen molar-refractivity contribution in [2.75, 3.05) is 18.4 Å². The van der Waals surface area contributed by atoms with Gasteiger partial charge >= 0.3 is 0 Å². The summed E-state index contributed by atoms with van der Waals surface area (Å²) in [7, 11) is 0. The van der Waals surface area contributed by atoms with Gasteiger partial charge in [-0.2, -0.15) is 0 Å². The lowest BCUT2D eigenvalue weighted by Gasteiger charge is -2.33. The minimum Gasteiger partial charge on any atom is -0.381 e. The molecule has 2 aromatic rings. The first-order valence-corrected chi connectivity index (χ1v) is 7.07. The maximum atomic E-state index is 12.3. The van der Waals surface area contributed by atoms with Gasteiger partial charge in [0.15, 0.2) is 0 Å². The van der Waals surface area contributed by atoms with Crippen LogP contribution < -0.4 is 5.32 Å². The smallest absolute Gasteiger partial charge is 0.270 e. The van der Waals surface area contributed by atoms with Crippen LogP contribution in [0.4, 0.5) is 5.69 Å². The first-order valence-electron chi connectivity index (χ1n) is 7.07. The van der Waals surface area contributed by atoms with Crippen molar-refractivity contribution >= 4 is 11.6 Å². The van der Waals surface area contributed by atoms with Gasteiger partial charge in [-0.1, -0.05) is 18.2 Å². The molecule has 2 heterocycles. The van der Waals surface area contributed by atoms with Crippen LogP contribution in [0.1, 0.15) is 23.3 Å². The molecular formula is C16H19N3O. The number of para-hydroxylation sites is 1.